The molecule has 1 aliphatic carbocycles. The van der Waals surface area contributed by atoms with Crippen molar-refractivity contribution < 1.29 is 0 Å². The average molecular weight is 516 g/mol. The van der Waals surface area contributed by atoms with E-state index in [1.54, 1.807) is 21.6 Å². The fourth-order valence-corrected chi connectivity index (χ4v) is 4.87. The summed E-state index contributed by atoms with van der Waals surface area (Å²) in [6.07, 6.45) is 3.39. The summed E-state index contributed by atoms with van der Waals surface area (Å²) in [6.45, 7) is 9.89. The second kappa shape index (κ2) is 9.09. The van der Waals surface area contributed by atoms with Gasteiger partial charge in [0.15, 0.2) is 11.5 Å². The molecule has 0 unspecified atom stereocenters. The van der Waals surface area contributed by atoms with Gasteiger partial charge in [0.1, 0.15) is 5.39 Å². The van der Waals surface area contributed by atoms with Crippen molar-refractivity contribution in [2.24, 2.45) is 0 Å². The number of anilines is 3. The van der Waals surface area contributed by atoms with Crippen LogP contribution in [0.25, 0.3) is 16.9 Å². The van der Waals surface area contributed by atoms with Gasteiger partial charge in [-0.1, -0.05) is 0 Å². The molecular formula is C27H33N9O2. The van der Waals surface area contributed by atoms with Gasteiger partial charge < -0.3 is 15.1 Å². The van der Waals surface area contributed by atoms with E-state index in [0.717, 1.165) is 44.7 Å². The van der Waals surface area contributed by atoms with Crippen molar-refractivity contribution in [1.29, 1.82) is 0 Å². The van der Waals surface area contributed by atoms with Crippen LogP contribution in [-0.2, 0) is 5.54 Å². The maximum atomic E-state index is 13.4. The molecule has 6 rings (SSSR count). The minimum Gasteiger partial charge on any atom is -0.369 e. The Kier molecular flexibility index (Phi) is 5.82. The van der Waals surface area contributed by atoms with Crippen molar-refractivity contribution in [1.82, 2.24) is 34.0 Å². The van der Waals surface area contributed by atoms with Crippen molar-refractivity contribution in [3.63, 3.8) is 0 Å². The van der Waals surface area contributed by atoms with Gasteiger partial charge in [-0.3, -0.25) is 9.59 Å². The molecule has 1 aliphatic heterocycles. The van der Waals surface area contributed by atoms with Crippen LogP contribution in [0.4, 0.5) is 17.3 Å². The zero-order chi connectivity index (χ0) is 26.6. The SMILES string of the molecule is CN1CCN(c2ccc(Nc3ncc4c(=O)n(C5CC5)n(-c5ccc(=O)n(C(C)(C)C)n5)c4n3)cc2)CC1. The third-order valence-corrected chi connectivity index (χ3v) is 7.15. The topological polar surface area (TPSA) is 106 Å². The van der Waals surface area contributed by atoms with Gasteiger partial charge in [-0.25, -0.2) is 19.0 Å². The largest absolute Gasteiger partial charge is 0.369 e. The van der Waals surface area contributed by atoms with E-state index >= 15 is 0 Å². The molecule has 198 valence electrons. The molecule has 4 aromatic rings. The fourth-order valence-electron chi connectivity index (χ4n) is 4.87. The molecule has 0 atom stereocenters. The van der Waals surface area contributed by atoms with Gasteiger partial charge in [-0.05, 0) is 71.0 Å². The van der Waals surface area contributed by atoms with Crippen LogP contribution in [0.3, 0.4) is 0 Å². The van der Waals surface area contributed by atoms with Crippen LogP contribution in [0.15, 0.2) is 52.2 Å². The Balaban J connectivity index is 1.37. The van der Waals surface area contributed by atoms with Crippen LogP contribution < -0.4 is 21.3 Å². The van der Waals surface area contributed by atoms with Crippen LogP contribution in [0.5, 0.6) is 0 Å². The first-order chi connectivity index (χ1) is 18.2. The number of piperazine rings is 1. The molecular weight excluding hydrogens is 482 g/mol. The third-order valence-electron chi connectivity index (χ3n) is 7.15. The predicted octanol–water partition coefficient (Wildman–Crippen LogP) is 2.72. The smallest absolute Gasteiger partial charge is 0.278 e. The molecule has 1 N–H and O–H groups in total. The van der Waals surface area contributed by atoms with Crippen molar-refractivity contribution >= 4 is 28.4 Å². The van der Waals surface area contributed by atoms with E-state index in [4.69, 9.17) is 4.98 Å². The highest BCUT2D eigenvalue weighted by molar-refractivity contribution is 5.77. The molecule has 2 aliphatic rings. The molecule has 1 saturated carbocycles. The number of nitrogens with one attached hydrogen (secondary N) is 1. The molecule has 1 saturated heterocycles. The Morgan fingerprint density at radius 3 is 2.32 bits per heavy atom. The van der Waals surface area contributed by atoms with Crippen molar-refractivity contribution in [2.75, 3.05) is 43.4 Å². The Bertz CT molecular complexity index is 1600. The quantitative estimate of drug-likeness (QED) is 0.433. The Morgan fingerprint density at radius 1 is 0.947 bits per heavy atom. The predicted molar refractivity (Wildman–Crippen MR) is 148 cm³/mol. The molecule has 3 aromatic heterocycles. The van der Waals surface area contributed by atoms with Gasteiger partial charge >= 0.3 is 0 Å². The summed E-state index contributed by atoms with van der Waals surface area (Å²) in [4.78, 5) is 39.8. The zero-order valence-electron chi connectivity index (χ0n) is 22.3. The molecule has 2 fully saturated rings. The number of aromatic nitrogens is 6. The Labute approximate surface area is 220 Å². The number of hydrogen-bond acceptors (Lipinski definition) is 8. The summed E-state index contributed by atoms with van der Waals surface area (Å²) < 4.78 is 4.88. The van der Waals surface area contributed by atoms with Crippen LogP contribution in [0.2, 0.25) is 0 Å². The average Bonchev–Trinajstić information content (AvgIpc) is 3.69. The molecule has 38 heavy (non-hydrogen) atoms. The third kappa shape index (κ3) is 4.47. The molecule has 0 amide bonds. The molecule has 11 heteroatoms. The van der Waals surface area contributed by atoms with Crippen molar-refractivity contribution in [3.05, 3.63) is 63.3 Å². The highest BCUT2D eigenvalue weighted by Crippen LogP contribution is 2.35. The summed E-state index contributed by atoms with van der Waals surface area (Å²) in [5.41, 5.74) is 1.64. The van der Waals surface area contributed by atoms with Gasteiger partial charge in [0.25, 0.3) is 11.1 Å². The highest BCUT2D eigenvalue weighted by Gasteiger charge is 2.31. The van der Waals surface area contributed by atoms with E-state index in [1.807, 2.05) is 32.9 Å². The van der Waals surface area contributed by atoms with Crippen molar-refractivity contribution in [3.8, 4) is 5.82 Å². The lowest BCUT2D eigenvalue weighted by Gasteiger charge is -2.34. The first-order valence-electron chi connectivity index (χ1n) is 13.1. The maximum Gasteiger partial charge on any atom is 0.278 e. The fraction of sp³-hybridized carbons (Fsp3) is 0.444. The first kappa shape index (κ1) is 24.4. The lowest BCUT2D eigenvalue weighted by atomic mass is 10.1. The molecule has 4 heterocycles. The number of nitrogens with zero attached hydrogens (tertiary/aromatic N) is 8. The van der Waals surface area contributed by atoms with E-state index in [-0.39, 0.29) is 17.2 Å². The molecule has 0 bridgehead atoms. The van der Waals surface area contributed by atoms with Gasteiger partial charge in [0.2, 0.25) is 5.95 Å². The molecule has 11 nitrogen and oxygen atoms in total. The summed E-state index contributed by atoms with van der Waals surface area (Å²) in [6, 6.07) is 11.5. The Morgan fingerprint density at radius 2 is 1.66 bits per heavy atom. The minimum atomic E-state index is -0.515. The van der Waals surface area contributed by atoms with E-state index in [1.165, 1.54) is 16.4 Å². The zero-order valence-corrected chi connectivity index (χ0v) is 22.3. The first-order valence-corrected chi connectivity index (χ1v) is 13.1. The Hall–Kier alpha value is -3.99. The van der Waals surface area contributed by atoms with Crippen molar-refractivity contribution in [2.45, 2.75) is 45.2 Å². The second-order valence-electron chi connectivity index (χ2n) is 11.2. The van der Waals surface area contributed by atoms with Gasteiger partial charge in [0.05, 0.1) is 11.6 Å². The van der Waals surface area contributed by atoms with Crippen LogP contribution in [0, 0.1) is 0 Å². The van der Waals surface area contributed by atoms with Crippen LogP contribution >= 0.6 is 0 Å². The standard InChI is InChI=1S/C27H33N9O2/c1-27(2,3)36-23(37)12-11-22(31-36)35-24-21(25(38)34(35)20-9-10-20)17-28-26(30-24)29-18-5-7-19(8-6-18)33-15-13-32(4)14-16-33/h5-8,11-12,17,20H,9-10,13-16H2,1-4H3,(H,28,29,30). The summed E-state index contributed by atoms with van der Waals surface area (Å²) in [5.74, 6) is 0.857. The lowest BCUT2D eigenvalue weighted by Crippen LogP contribution is -2.44. The van der Waals surface area contributed by atoms with E-state index in [2.05, 4.69) is 44.4 Å². The molecule has 1 aromatic carbocycles. The number of fused-ring (bicyclic) bond motifs is 1. The molecule has 0 spiro atoms. The van der Waals surface area contributed by atoms with E-state index in [9.17, 15) is 9.59 Å². The van der Waals surface area contributed by atoms with E-state index in [0.29, 0.717) is 22.8 Å². The van der Waals surface area contributed by atoms with Gasteiger partial charge in [0, 0.05) is 49.8 Å². The number of rotatable bonds is 5. The van der Waals surface area contributed by atoms with Crippen LogP contribution in [0.1, 0.15) is 39.7 Å². The monoisotopic (exact) mass is 515 g/mol. The number of benzene rings is 1. The van der Waals surface area contributed by atoms with Gasteiger partial charge in [-0.2, -0.15) is 4.98 Å². The van der Waals surface area contributed by atoms with Gasteiger partial charge in [-0.15, -0.1) is 5.10 Å². The maximum absolute atomic E-state index is 13.4. The minimum absolute atomic E-state index is 0.0760. The lowest BCUT2D eigenvalue weighted by molar-refractivity contribution is 0.313. The number of likely N-dealkylation sites (N-methyl/N-ethyl adjacent to an activating group) is 1. The number of hydrogen-bond donors (Lipinski definition) is 1. The second-order valence-corrected chi connectivity index (χ2v) is 11.2. The normalized spacial score (nSPS) is 16.8. The summed E-state index contributed by atoms with van der Waals surface area (Å²) in [5, 5.41) is 8.34. The van der Waals surface area contributed by atoms with Crippen LogP contribution in [-0.4, -0.2) is 67.2 Å². The molecule has 0 radical (unpaired) electrons. The summed E-state index contributed by atoms with van der Waals surface area (Å²) in [7, 11) is 2.15. The van der Waals surface area contributed by atoms with E-state index < -0.39 is 5.54 Å². The highest BCUT2D eigenvalue weighted by atomic mass is 16.1. The summed E-state index contributed by atoms with van der Waals surface area (Å²) >= 11 is 0.